The monoisotopic (exact) mass is 357 g/mol. The summed E-state index contributed by atoms with van der Waals surface area (Å²) in [6.45, 7) is 4.67. The van der Waals surface area contributed by atoms with E-state index < -0.39 is 17.9 Å². The highest BCUT2D eigenvalue weighted by Gasteiger charge is 2.21. The van der Waals surface area contributed by atoms with Crippen molar-refractivity contribution in [3.63, 3.8) is 0 Å². The Kier molecular flexibility index (Phi) is 6.60. The van der Waals surface area contributed by atoms with Gasteiger partial charge in [-0.1, -0.05) is 26.0 Å². The number of aromatic hydroxyl groups is 1. The van der Waals surface area contributed by atoms with Gasteiger partial charge in [-0.05, 0) is 47.9 Å². The summed E-state index contributed by atoms with van der Waals surface area (Å²) < 4.78 is 5.56. The topological polar surface area (TPSA) is 95.9 Å². The van der Waals surface area contributed by atoms with E-state index in [4.69, 9.17) is 4.74 Å². The second-order valence-electron chi connectivity index (χ2n) is 6.46. The average molecular weight is 357 g/mol. The van der Waals surface area contributed by atoms with Crippen molar-refractivity contribution in [3.8, 4) is 11.5 Å². The van der Waals surface area contributed by atoms with Gasteiger partial charge in [0.2, 0.25) is 0 Å². The number of rotatable bonds is 8. The number of aliphatic carboxylic acids is 1. The zero-order valence-corrected chi connectivity index (χ0v) is 14.8. The quantitative estimate of drug-likeness (QED) is 0.675. The maximum absolute atomic E-state index is 12.3. The normalized spacial score (nSPS) is 11.8. The van der Waals surface area contributed by atoms with Gasteiger partial charge in [0, 0.05) is 12.0 Å². The molecule has 0 fully saturated rings. The zero-order valence-electron chi connectivity index (χ0n) is 14.8. The lowest BCUT2D eigenvalue weighted by Gasteiger charge is -2.15. The van der Waals surface area contributed by atoms with Crippen LogP contribution in [0.5, 0.6) is 11.5 Å². The molecule has 2 aromatic carbocycles. The molecular formula is C20H23NO5. The lowest BCUT2D eigenvalue weighted by Crippen LogP contribution is -2.42. The molecule has 6 heteroatoms. The molecule has 0 aromatic heterocycles. The Morgan fingerprint density at radius 2 is 1.65 bits per heavy atom. The molecule has 0 saturated heterocycles. The van der Waals surface area contributed by atoms with Crippen LogP contribution in [-0.2, 0) is 11.2 Å². The molecule has 0 heterocycles. The van der Waals surface area contributed by atoms with Crippen LogP contribution in [0.3, 0.4) is 0 Å². The first-order valence-electron chi connectivity index (χ1n) is 8.39. The molecule has 0 aliphatic heterocycles. The van der Waals surface area contributed by atoms with Crippen LogP contribution in [0, 0.1) is 5.92 Å². The summed E-state index contributed by atoms with van der Waals surface area (Å²) in [6, 6.07) is 11.7. The molecular weight excluding hydrogens is 334 g/mol. The Hall–Kier alpha value is -3.02. The molecule has 0 aliphatic carbocycles. The van der Waals surface area contributed by atoms with Crippen LogP contribution < -0.4 is 10.1 Å². The standard InChI is InChI=1S/C20H23NO5/c1-13(2)12-26-17-9-5-15(6-10-17)19(23)21-18(20(24)25)11-14-3-7-16(22)8-4-14/h3-10,13,18,22H,11-12H2,1-2H3,(H,21,23)(H,24,25)/t18-/m1/s1. The number of amides is 1. The molecule has 0 spiro atoms. The summed E-state index contributed by atoms with van der Waals surface area (Å²) in [6.07, 6.45) is 0.122. The van der Waals surface area contributed by atoms with Crippen molar-refractivity contribution in [1.29, 1.82) is 0 Å². The number of phenols is 1. The number of hydrogen-bond acceptors (Lipinski definition) is 4. The minimum Gasteiger partial charge on any atom is -0.508 e. The van der Waals surface area contributed by atoms with Crippen LogP contribution in [0.4, 0.5) is 0 Å². The second-order valence-corrected chi connectivity index (χ2v) is 6.46. The van der Waals surface area contributed by atoms with Crippen molar-refractivity contribution < 1.29 is 24.5 Å². The Morgan fingerprint density at radius 3 is 2.19 bits per heavy atom. The number of phenolic OH excluding ortho intramolecular Hbond substituents is 1. The van der Waals surface area contributed by atoms with Gasteiger partial charge in [0.25, 0.3) is 5.91 Å². The van der Waals surface area contributed by atoms with E-state index in [0.717, 1.165) is 0 Å². The molecule has 1 atom stereocenters. The fourth-order valence-corrected chi connectivity index (χ4v) is 2.27. The SMILES string of the molecule is CC(C)COc1ccc(C(=O)N[C@H](Cc2ccc(O)cc2)C(=O)O)cc1. The fourth-order valence-electron chi connectivity index (χ4n) is 2.27. The van der Waals surface area contributed by atoms with Crippen LogP contribution >= 0.6 is 0 Å². The number of hydrogen-bond donors (Lipinski definition) is 3. The van der Waals surface area contributed by atoms with Crippen LogP contribution in [0.1, 0.15) is 29.8 Å². The van der Waals surface area contributed by atoms with Crippen LogP contribution in [0.2, 0.25) is 0 Å². The predicted molar refractivity (Wildman–Crippen MR) is 97.5 cm³/mol. The van der Waals surface area contributed by atoms with E-state index in [2.05, 4.69) is 5.32 Å². The van der Waals surface area contributed by atoms with Crippen LogP contribution in [0.15, 0.2) is 48.5 Å². The van der Waals surface area contributed by atoms with Gasteiger partial charge in [-0.3, -0.25) is 4.79 Å². The summed E-state index contributed by atoms with van der Waals surface area (Å²) in [5.74, 6) is -0.428. The van der Waals surface area contributed by atoms with Gasteiger partial charge in [-0.15, -0.1) is 0 Å². The van der Waals surface area contributed by atoms with Crippen molar-refractivity contribution in [2.45, 2.75) is 26.3 Å². The van der Waals surface area contributed by atoms with Gasteiger partial charge in [0.15, 0.2) is 0 Å². The maximum atomic E-state index is 12.3. The Bertz CT molecular complexity index is 738. The van der Waals surface area contributed by atoms with E-state index in [1.807, 2.05) is 13.8 Å². The van der Waals surface area contributed by atoms with E-state index in [0.29, 0.717) is 29.4 Å². The molecule has 2 aromatic rings. The van der Waals surface area contributed by atoms with Crippen molar-refractivity contribution >= 4 is 11.9 Å². The molecule has 0 unspecified atom stereocenters. The highest BCUT2D eigenvalue weighted by Crippen LogP contribution is 2.14. The number of benzene rings is 2. The first-order chi connectivity index (χ1) is 12.3. The van der Waals surface area contributed by atoms with Crippen molar-refractivity contribution in [2.75, 3.05) is 6.61 Å². The number of carboxylic acid groups (broad SMARTS) is 1. The second kappa shape index (κ2) is 8.89. The molecule has 6 nitrogen and oxygen atoms in total. The Morgan fingerprint density at radius 1 is 1.04 bits per heavy atom. The average Bonchev–Trinajstić information content (AvgIpc) is 2.61. The van der Waals surface area contributed by atoms with Gasteiger partial charge in [0.05, 0.1) is 6.61 Å². The summed E-state index contributed by atoms with van der Waals surface area (Å²) in [5.41, 5.74) is 1.06. The van der Waals surface area contributed by atoms with Crippen LogP contribution in [-0.4, -0.2) is 34.7 Å². The van der Waals surface area contributed by atoms with E-state index in [1.54, 1.807) is 36.4 Å². The summed E-state index contributed by atoms with van der Waals surface area (Å²) in [7, 11) is 0. The van der Waals surface area contributed by atoms with Gasteiger partial charge >= 0.3 is 5.97 Å². The van der Waals surface area contributed by atoms with Crippen LogP contribution in [0.25, 0.3) is 0 Å². The third kappa shape index (κ3) is 5.81. The third-order valence-electron chi connectivity index (χ3n) is 3.68. The number of carboxylic acids is 1. The zero-order chi connectivity index (χ0) is 19.1. The third-order valence-corrected chi connectivity index (χ3v) is 3.68. The highest BCUT2D eigenvalue weighted by molar-refractivity contribution is 5.96. The van der Waals surface area contributed by atoms with E-state index in [1.165, 1.54) is 12.1 Å². The van der Waals surface area contributed by atoms with Crippen molar-refractivity contribution in [3.05, 3.63) is 59.7 Å². The molecule has 3 N–H and O–H groups in total. The minimum absolute atomic E-state index is 0.101. The molecule has 0 bridgehead atoms. The van der Waals surface area contributed by atoms with Gasteiger partial charge < -0.3 is 20.3 Å². The Balaban J connectivity index is 2.00. The van der Waals surface area contributed by atoms with E-state index >= 15 is 0 Å². The number of carbonyl (C=O) groups excluding carboxylic acids is 1. The summed E-state index contributed by atoms with van der Waals surface area (Å²) in [5, 5.41) is 21.2. The molecule has 138 valence electrons. The maximum Gasteiger partial charge on any atom is 0.326 e. The fraction of sp³-hybridized carbons (Fsp3) is 0.300. The number of ether oxygens (including phenoxy) is 1. The van der Waals surface area contributed by atoms with E-state index in [9.17, 15) is 19.8 Å². The number of carbonyl (C=O) groups is 2. The first-order valence-corrected chi connectivity index (χ1v) is 8.39. The largest absolute Gasteiger partial charge is 0.508 e. The van der Waals surface area contributed by atoms with Gasteiger partial charge in [-0.25, -0.2) is 4.79 Å². The Labute approximate surface area is 152 Å². The lowest BCUT2D eigenvalue weighted by molar-refractivity contribution is -0.139. The minimum atomic E-state index is -1.12. The predicted octanol–water partition coefficient (Wildman–Crippen LogP) is 2.85. The first kappa shape index (κ1) is 19.3. The molecule has 0 aliphatic rings. The van der Waals surface area contributed by atoms with Gasteiger partial charge in [-0.2, -0.15) is 0 Å². The summed E-state index contributed by atoms with van der Waals surface area (Å²) in [4.78, 5) is 23.8. The molecule has 0 saturated carbocycles. The van der Waals surface area contributed by atoms with E-state index in [-0.39, 0.29) is 12.2 Å². The number of nitrogens with one attached hydrogen (secondary N) is 1. The molecule has 1 amide bonds. The molecule has 26 heavy (non-hydrogen) atoms. The lowest BCUT2D eigenvalue weighted by atomic mass is 10.1. The van der Waals surface area contributed by atoms with Crippen molar-refractivity contribution in [2.24, 2.45) is 5.92 Å². The summed E-state index contributed by atoms with van der Waals surface area (Å²) >= 11 is 0. The molecule has 2 rings (SSSR count). The smallest absolute Gasteiger partial charge is 0.326 e. The highest BCUT2D eigenvalue weighted by atomic mass is 16.5. The van der Waals surface area contributed by atoms with Gasteiger partial charge in [0.1, 0.15) is 17.5 Å². The van der Waals surface area contributed by atoms with Crippen molar-refractivity contribution in [1.82, 2.24) is 5.32 Å². The molecule has 0 radical (unpaired) electrons.